The molecule has 0 aromatic heterocycles. The molecule has 0 spiro atoms. The number of nitrogens with zero attached hydrogens (tertiary/aromatic N) is 1. The average Bonchev–Trinajstić information content (AvgIpc) is 2.35. The van der Waals surface area contributed by atoms with Crippen LogP contribution in [-0.4, -0.2) is 43.8 Å². The van der Waals surface area contributed by atoms with Crippen LogP contribution in [0.15, 0.2) is 24.3 Å². The highest BCUT2D eigenvalue weighted by Crippen LogP contribution is 2.07. The zero-order chi connectivity index (χ0) is 12.8. The van der Waals surface area contributed by atoms with E-state index in [0.29, 0.717) is 17.7 Å². The lowest BCUT2D eigenvalue weighted by Crippen LogP contribution is -2.32. The van der Waals surface area contributed by atoms with Crippen LogP contribution in [0, 0.1) is 0 Å². The van der Waals surface area contributed by atoms with Gasteiger partial charge >= 0.3 is 0 Å². The first-order valence-corrected chi connectivity index (χ1v) is 5.57. The molecule has 1 aromatic rings. The van der Waals surface area contributed by atoms with Gasteiger partial charge in [-0.1, -0.05) is 12.1 Å². The molecule has 1 rings (SSSR count). The molecule has 1 amide bonds. The van der Waals surface area contributed by atoms with E-state index in [4.69, 9.17) is 0 Å². The van der Waals surface area contributed by atoms with Crippen LogP contribution >= 0.6 is 0 Å². The Balaban J connectivity index is 2.72. The van der Waals surface area contributed by atoms with Gasteiger partial charge in [-0.2, -0.15) is 0 Å². The minimum absolute atomic E-state index is 0.00698. The van der Waals surface area contributed by atoms with Crippen molar-refractivity contribution in [3.8, 4) is 0 Å². The molecule has 0 bridgehead atoms. The number of hydrogen-bond acceptors (Lipinski definition) is 3. The molecule has 1 aromatic carbocycles. The predicted octanol–water partition coefficient (Wildman–Crippen LogP) is 1.18. The molecule has 0 heterocycles. The summed E-state index contributed by atoms with van der Waals surface area (Å²) in [6.45, 7) is 2.92. The fourth-order valence-corrected chi connectivity index (χ4v) is 1.45. The molecule has 0 atom stereocenters. The van der Waals surface area contributed by atoms with Crippen LogP contribution in [-0.2, 0) is 0 Å². The van der Waals surface area contributed by atoms with Crippen molar-refractivity contribution in [1.29, 1.82) is 0 Å². The van der Waals surface area contributed by atoms with Gasteiger partial charge in [0.2, 0.25) is 0 Å². The molecule has 0 aliphatic carbocycles. The zero-order valence-electron chi connectivity index (χ0n) is 10.5. The average molecular weight is 234 g/mol. The topological polar surface area (TPSA) is 49.4 Å². The Labute approximate surface area is 102 Å². The summed E-state index contributed by atoms with van der Waals surface area (Å²) in [4.78, 5) is 24.7. The smallest absolute Gasteiger partial charge is 0.253 e. The Morgan fingerprint density at radius 2 is 1.71 bits per heavy atom. The standard InChI is InChI=1S/C13H18N2O2/c1-10(16)11-4-6-12(7-5-11)13(17)15(3)9-8-14-2/h4-7,14H,8-9H2,1-3H3. The second-order valence-electron chi connectivity index (χ2n) is 3.96. The Morgan fingerprint density at radius 1 is 1.18 bits per heavy atom. The first-order chi connectivity index (χ1) is 8.06. The Kier molecular flexibility index (Phi) is 4.84. The summed E-state index contributed by atoms with van der Waals surface area (Å²) in [5, 5.41) is 2.99. The summed E-state index contributed by atoms with van der Waals surface area (Å²) in [6, 6.07) is 6.74. The van der Waals surface area contributed by atoms with Gasteiger partial charge in [0.05, 0.1) is 0 Å². The molecule has 0 saturated heterocycles. The molecule has 4 nitrogen and oxygen atoms in total. The van der Waals surface area contributed by atoms with Crippen molar-refractivity contribution in [3.63, 3.8) is 0 Å². The molecular formula is C13H18N2O2. The number of Topliss-reactive ketones (excluding diaryl/α,β-unsaturated/α-hetero) is 1. The lowest BCUT2D eigenvalue weighted by molar-refractivity contribution is 0.0796. The monoisotopic (exact) mass is 234 g/mol. The fraction of sp³-hybridized carbons (Fsp3) is 0.385. The highest BCUT2D eigenvalue weighted by atomic mass is 16.2. The number of carbonyl (C=O) groups excluding carboxylic acids is 2. The fourth-order valence-electron chi connectivity index (χ4n) is 1.45. The molecule has 17 heavy (non-hydrogen) atoms. The quantitative estimate of drug-likeness (QED) is 0.778. The number of benzene rings is 1. The van der Waals surface area contributed by atoms with E-state index >= 15 is 0 Å². The van der Waals surface area contributed by atoms with Crippen molar-refractivity contribution in [2.24, 2.45) is 0 Å². The molecule has 0 fully saturated rings. The number of ketones is 1. The highest BCUT2D eigenvalue weighted by molar-refractivity contribution is 5.97. The Hall–Kier alpha value is -1.68. The van der Waals surface area contributed by atoms with Gasteiger partial charge in [0.15, 0.2) is 5.78 Å². The number of nitrogens with one attached hydrogen (secondary N) is 1. The summed E-state index contributed by atoms with van der Waals surface area (Å²) in [5.74, 6) is -0.0251. The van der Waals surface area contributed by atoms with E-state index in [9.17, 15) is 9.59 Å². The summed E-state index contributed by atoms with van der Waals surface area (Å²) in [7, 11) is 3.61. The first-order valence-electron chi connectivity index (χ1n) is 5.57. The molecule has 0 unspecified atom stereocenters. The van der Waals surface area contributed by atoms with E-state index in [-0.39, 0.29) is 11.7 Å². The molecule has 0 radical (unpaired) electrons. The van der Waals surface area contributed by atoms with E-state index in [1.165, 1.54) is 6.92 Å². The van der Waals surface area contributed by atoms with Gasteiger partial charge in [-0.3, -0.25) is 9.59 Å². The molecule has 1 N–H and O–H groups in total. The summed E-state index contributed by atoms with van der Waals surface area (Å²) < 4.78 is 0. The van der Waals surface area contributed by atoms with Crippen molar-refractivity contribution in [1.82, 2.24) is 10.2 Å². The number of carbonyl (C=O) groups is 2. The van der Waals surface area contributed by atoms with Crippen LogP contribution in [0.1, 0.15) is 27.6 Å². The largest absolute Gasteiger partial charge is 0.340 e. The third-order valence-electron chi connectivity index (χ3n) is 2.58. The van der Waals surface area contributed by atoms with Crippen LogP contribution in [0.25, 0.3) is 0 Å². The zero-order valence-corrected chi connectivity index (χ0v) is 10.5. The van der Waals surface area contributed by atoms with Gasteiger partial charge in [0.1, 0.15) is 0 Å². The summed E-state index contributed by atoms with van der Waals surface area (Å²) >= 11 is 0. The second kappa shape index (κ2) is 6.15. The summed E-state index contributed by atoms with van der Waals surface area (Å²) in [6.07, 6.45) is 0. The van der Waals surface area contributed by atoms with Crippen molar-refractivity contribution in [2.75, 3.05) is 27.2 Å². The number of likely N-dealkylation sites (N-methyl/N-ethyl adjacent to an activating group) is 2. The molecule has 92 valence electrons. The lowest BCUT2D eigenvalue weighted by Gasteiger charge is -2.16. The van der Waals surface area contributed by atoms with Crippen LogP contribution < -0.4 is 5.32 Å². The van der Waals surface area contributed by atoms with Crippen molar-refractivity contribution in [2.45, 2.75) is 6.92 Å². The highest BCUT2D eigenvalue weighted by Gasteiger charge is 2.11. The normalized spacial score (nSPS) is 10.1. The third kappa shape index (κ3) is 3.67. The van der Waals surface area contributed by atoms with E-state index in [0.717, 1.165) is 6.54 Å². The van der Waals surface area contributed by atoms with Crippen molar-refractivity contribution in [3.05, 3.63) is 35.4 Å². The van der Waals surface area contributed by atoms with E-state index in [1.54, 1.807) is 36.2 Å². The maximum Gasteiger partial charge on any atom is 0.253 e. The Morgan fingerprint density at radius 3 is 2.18 bits per heavy atom. The molecule has 0 aliphatic rings. The van der Waals surface area contributed by atoms with Crippen LogP contribution in [0.4, 0.5) is 0 Å². The summed E-state index contributed by atoms with van der Waals surface area (Å²) in [5.41, 5.74) is 1.23. The van der Waals surface area contributed by atoms with E-state index < -0.39 is 0 Å². The van der Waals surface area contributed by atoms with Crippen LogP contribution in [0.3, 0.4) is 0 Å². The van der Waals surface area contributed by atoms with Crippen molar-refractivity contribution >= 4 is 11.7 Å². The second-order valence-corrected chi connectivity index (χ2v) is 3.96. The van der Waals surface area contributed by atoms with Gasteiger partial charge in [-0.05, 0) is 26.1 Å². The number of rotatable bonds is 5. The predicted molar refractivity (Wildman–Crippen MR) is 67.3 cm³/mol. The van der Waals surface area contributed by atoms with Crippen LogP contribution in [0.5, 0.6) is 0 Å². The van der Waals surface area contributed by atoms with Gasteiger partial charge in [-0.15, -0.1) is 0 Å². The minimum atomic E-state index is -0.0321. The maximum atomic E-state index is 11.9. The van der Waals surface area contributed by atoms with Gasteiger partial charge < -0.3 is 10.2 Å². The van der Waals surface area contributed by atoms with E-state index in [1.807, 2.05) is 7.05 Å². The van der Waals surface area contributed by atoms with Gasteiger partial charge in [0.25, 0.3) is 5.91 Å². The van der Waals surface area contributed by atoms with Crippen molar-refractivity contribution < 1.29 is 9.59 Å². The van der Waals surface area contributed by atoms with E-state index in [2.05, 4.69) is 5.32 Å². The SMILES string of the molecule is CNCCN(C)C(=O)c1ccc(C(C)=O)cc1. The Bertz CT molecular complexity index is 398. The minimum Gasteiger partial charge on any atom is -0.340 e. The van der Waals surface area contributed by atoms with Gasteiger partial charge in [-0.25, -0.2) is 0 Å². The maximum absolute atomic E-state index is 11.9. The molecule has 4 heteroatoms. The first kappa shape index (κ1) is 13.4. The number of amides is 1. The van der Waals surface area contributed by atoms with Crippen LogP contribution in [0.2, 0.25) is 0 Å². The molecular weight excluding hydrogens is 216 g/mol. The third-order valence-corrected chi connectivity index (χ3v) is 2.58. The molecule has 0 saturated carbocycles. The van der Waals surface area contributed by atoms with Gasteiger partial charge in [0, 0.05) is 31.3 Å². The molecule has 0 aliphatic heterocycles. The number of hydrogen-bond donors (Lipinski definition) is 1. The lowest BCUT2D eigenvalue weighted by atomic mass is 10.1.